The number of nitrogens with zero attached hydrogens (tertiary/aromatic N) is 2. The van der Waals surface area contributed by atoms with Gasteiger partial charge < -0.3 is 10.5 Å². The van der Waals surface area contributed by atoms with E-state index < -0.39 is 5.97 Å². The number of carbonyl (C=O) groups is 1. The minimum atomic E-state index is -0.483. The van der Waals surface area contributed by atoms with Gasteiger partial charge in [0.05, 0.1) is 18.4 Å². The van der Waals surface area contributed by atoms with Gasteiger partial charge in [0.15, 0.2) is 0 Å². The Morgan fingerprint density at radius 2 is 2.22 bits per heavy atom. The number of carbonyl (C=O) groups excluding carboxylic acids is 1. The summed E-state index contributed by atoms with van der Waals surface area (Å²) in [6.07, 6.45) is 1.57. The average molecular weight is 264 g/mol. The standard InChI is InChI=1S/C12H10ClN3O2/c1-18-12(17)7-5-9(16-10(13)6-7)8-3-2-4-15-11(8)14/h2-6H,1H3,(H2,14,15). The lowest BCUT2D eigenvalue weighted by molar-refractivity contribution is 0.0600. The minimum absolute atomic E-state index is 0.191. The second-order valence-electron chi connectivity index (χ2n) is 3.49. The summed E-state index contributed by atoms with van der Waals surface area (Å²) in [5, 5.41) is 0.191. The first-order valence-corrected chi connectivity index (χ1v) is 5.46. The number of hydrogen-bond acceptors (Lipinski definition) is 5. The summed E-state index contributed by atoms with van der Waals surface area (Å²) in [6.45, 7) is 0. The lowest BCUT2D eigenvalue weighted by atomic mass is 10.1. The van der Waals surface area contributed by atoms with Crippen LogP contribution in [0.15, 0.2) is 30.5 Å². The van der Waals surface area contributed by atoms with E-state index in [9.17, 15) is 4.79 Å². The second kappa shape index (κ2) is 5.01. The fourth-order valence-electron chi connectivity index (χ4n) is 1.50. The van der Waals surface area contributed by atoms with Crippen LogP contribution < -0.4 is 5.73 Å². The van der Waals surface area contributed by atoms with Crippen LogP contribution in [-0.2, 0) is 4.74 Å². The summed E-state index contributed by atoms with van der Waals surface area (Å²) in [4.78, 5) is 19.6. The zero-order chi connectivity index (χ0) is 13.1. The van der Waals surface area contributed by atoms with Crippen molar-refractivity contribution in [2.24, 2.45) is 0 Å². The largest absolute Gasteiger partial charge is 0.465 e. The summed E-state index contributed by atoms with van der Waals surface area (Å²) in [5.41, 5.74) is 7.16. The predicted octanol–water partition coefficient (Wildman–Crippen LogP) is 2.17. The molecule has 2 rings (SSSR count). The first kappa shape index (κ1) is 12.3. The molecule has 2 aromatic rings. The minimum Gasteiger partial charge on any atom is -0.465 e. The molecule has 2 heterocycles. The van der Waals surface area contributed by atoms with Gasteiger partial charge in [-0.15, -0.1) is 0 Å². The fraction of sp³-hybridized carbons (Fsp3) is 0.0833. The summed E-state index contributed by atoms with van der Waals surface area (Å²) in [5.74, 6) is -0.161. The van der Waals surface area contributed by atoms with Gasteiger partial charge in [-0.25, -0.2) is 14.8 Å². The Kier molecular flexibility index (Phi) is 3.43. The average Bonchev–Trinajstić information content (AvgIpc) is 2.37. The van der Waals surface area contributed by atoms with Crippen LogP contribution >= 0.6 is 11.6 Å². The third kappa shape index (κ3) is 2.41. The maximum atomic E-state index is 11.5. The van der Waals surface area contributed by atoms with Gasteiger partial charge in [0.2, 0.25) is 0 Å². The topological polar surface area (TPSA) is 78.1 Å². The van der Waals surface area contributed by atoms with Crippen LogP contribution in [0.25, 0.3) is 11.3 Å². The van der Waals surface area contributed by atoms with Gasteiger partial charge in [-0.3, -0.25) is 0 Å². The summed E-state index contributed by atoms with van der Waals surface area (Å²) in [6, 6.07) is 6.47. The molecule has 0 unspecified atom stereocenters. The van der Waals surface area contributed by atoms with Crippen LogP contribution in [0.3, 0.4) is 0 Å². The molecule has 0 aliphatic carbocycles. The molecule has 0 spiro atoms. The Labute approximate surface area is 109 Å². The lowest BCUT2D eigenvalue weighted by Gasteiger charge is -2.06. The van der Waals surface area contributed by atoms with Crippen LogP contribution in [0.2, 0.25) is 5.15 Å². The second-order valence-corrected chi connectivity index (χ2v) is 3.88. The molecule has 0 aliphatic heterocycles. The van der Waals surface area contributed by atoms with Gasteiger partial charge in [0.25, 0.3) is 0 Å². The molecule has 92 valence electrons. The Hall–Kier alpha value is -2.14. The highest BCUT2D eigenvalue weighted by Crippen LogP contribution is 2.25. The van der Waals surface area contributed by atoms with Crippen LogP contribution in [0.1, 0.15) is 10.4 Å². The Morgan fingerprint density at radius 1 is 1.44 bits per heavy atom. The van der Waals surface area contributed by atoms with E-state index in [-0.39, 0.29) is 5.15 Å². The van der Waals surface area contributed by atoms with E-state index in [4.69, 9.17) is 17.3 Å². The molecule has 0 atom stereocenters. The lowest BCUT2D eigenvalue weighted by Crippen LogP contribution is -2.03. The number of ether oxygens (including phenoxy) is 1. The van der Waals surface area contributed by atoms with Crippen molar-refractivity contribution in [3.05, 3.63) is 41.2 Å². The molecular formula is C12H10ClN3O2. The third-order valence-electron chi connectivity index (χ3n) is 2.33. The molecule has 6 heteroatoms. The Balaban J connectivity index is 2.55. The number of pyridine rings is 2. The molecule has 2 N–H and O–H groups in total. The van der Waals surface area contributed by atoms with Crippen molar-refractivity contribution >= 4 is 23.4 Å². The number of esters is 1. The molecule has 0 bridgehead atoms. The van der Waals surface area contributed by atoms with Crippen molar-refractivity contribution in [3.8, 4) is 11.3 Å². The van der Waals surface area contributed by atoms with Gasteiger partial charge in [0, 0.05) is 11.8 Å². The summed E-state index contributed by atoms with van der Waals surface area (Å²) in [7, 11) is 1.30. The third-order valence-corrected chi connectivity index (χ3v) is 2.52. The van der Waals surface area contributed by atoms with Crippen LogP contribution in [-0.4, -0.2) is 23.0 Å². The maximum Gasteiger partial charge on any atom is 0.338 e. The molecule has 0 saturated heterocycles. The van der Waals surface area contributed by atoms with E-state index in [1.54, 1.807) is 24.4 Å². The van der Waals surface area contributed by atoms with Gasteiger partial charge in [-0.1, -0.05) is 11.6 Å². The fourth-order valence-corrected chi connectivity index (χ4v) is 1.71. The summed E-state index contributed by atoms with van der Waals surface area (Å²) < 4.78 is 4.64. The molecule has 18 heavy (non-hydrogen) atoms. The highest BCUT2D eigenvalue weighted by atomic mass is 35.5. The van der Waals surface area contributed by atoms with Crippen LogP contribution in [0.5, 0.6) is 0 Å². The molecule has 0 aromatic carbocycles. The molecule has 0 amide bonds. The van der Waals surface area contributed by atoms with E-state index in [1.165, 1.54) is 13.2 Å². The molecule has 5 nitrogen and oxygen atoms in total. The molecular weight excluding hydrogens is 254 g/mol. The van der Waals surface area contributed by atoms with Crippen molar-refractivity contribution in [3.63, 3.8) is 0 Å². The van der Waals surface area contributed by atoms with E-state index in [0.717, 1.165) is 0 Å². The molecule has 2 aromatic heterocycles. The Morgan fingerprint density at radius 3 is 2.89 bits per heavy atom. The normalized spacial score (nSPS) is 10.1. The number of hydrogen-bond donors (Lipinski definition) is 1. The van der Waals surface area contributed by atoms with Crippen LogP contribution in [0.4, 0.5) is 5.82 Å². The van der Waals surface area contributed by atoms with Crippen molar-refractivity contribution in [2.45, 2.75) is 0 Å². The first-order chi connectivity index (χ1) is 8.61. The van der Waals surface area contributed by atoms with Crippen molar-refractivity contribution in [2.75, 3.05) is 12.8 Å². The number of halogens is 1. The number of anilines is 1. The zero-order valence-electron chi connectivity index (χ0n) is 9.55. The zero-order valence-corrected chi connectivity index (χ0v) is 10.3. The number of aromatic nitrogens is 2. The van der Waals surface area contributed by atoms with Crippen molar-refractivity contribution in [1.82, 2.24) is 9.97 Å². The quantitative estimate of drug-likeness (QED) is 0.664. The Bertz CT molecular complexity index is 602. The number of nitrogen functional groups attached to an aromatic ring is 1. The predicted molar refractivity (Wildman–Crippen MR) is 68.2 cm³/mol. The van der Waals surface area contributed by atoms with E-state index >= 15 is 0 Å². The van der Waals surface area contributed by atoms with Crippen molar-refractivity contribution < 1.29 is 9.53 Å². The first-order valence-electron chi connectivity index (χ1n) is 5.08. The van der Waals surface area contributed by atoms with Gasteiger partial charge in [0.1, 0.15) is 11.0 Å². The highest BCUT2D eigenvalue weighted by Gasteiger charge is 2.12. The number of nitrogens with two attached hydrogens (primary N) is 1. The monoisotopic (exact) mass is 263 g/mol. The maximum absolute atomic E-state index is 11.5. The summed E-state index contributed by atoms with van der Waals surface area (Å²) >= 11 is 5.87. The van der Waals surface area contributed by atoms with E-state index in [1.807, 2.05) is 0 Å². The number of methoxy groups -OCH3 is 1. The molecule has 0 radical (unpaired) electrons. The van der Waals surface area contributed by atoms with Crippen LogP contribution in [0, 0.1) is 0 Å². The highest BCUT2D eigenvalue weighted by molar-refractivity contribution is 6.29. The van der Waals surface area contributed by atoms with Gasteiger partial charge in [-0.05, 0) is 24.3 Å². The van der Waals surface area contributed by atoms with E-state index in [0.29, 0.717) is 22.6 Å². The van der Waals surface area contributed by atoms with E-state index in [2.05, 4.69) is 14.7 Å². The SMILES string of the molecule is COC(=O)c1cc(Cl)nc(-c2cccnc2N)c1. The van der Waals surface area contributed by atoms with Crippen molar-refractivity contribution in [1.29, 1.82) is 0 Å². The smallest absolute Gasteiger partial charge is 0.338 e. The number of rotatable bonds is 2. The molecule has 0 aliphatic rings. The van der Waals surface area contributed by atoms with Gasteiger partial charge in [-0.2, -0.15) is 0 Å². The molecule has 0 saturated carbocycles. The molecule has 0 fully saturated rings. The van der Waals surface area contributed by atoms with Gasteiger partial charge >= 0.3 is 5.97 Å².